The van der Waals surface area contributed by atoms with Crippen molar-refractivity contribution in [2.45, 2.75) is 52.5 Å². The van der Waals surface area contributed by atoms with Crippen LogP contribution in [0.2, 0.25) is 0 Å². The molecule has 0 bridgehead atoms. The molecule has 1 aliphatic rings. The van der Waals surface area contributed by atoms with Crippen molar-refractivity contribution >= 4 is 17.7 Å². The van der Waals surface area contributed by atoms with Crippen molar-refractivity contribution in [2.75, 3.05) is 6.61 Å². The van der Waals surface area contributed by atoms with E-state index in [1.54, 1.807) is 13.8 Å². The van der Waals surface area contributed by atoms with Gasteiger partial charge in [0.05, 0.1) is 23.6 Å². The van der Waals surface area contributed by atoms with Gasteiger partial charge in [-0.25, -0.2) is 4.79 Å². The number of aliphatic carboxylic acids is 1. The number of carbonyl (C=O) groups is 2. The Kier molecular flexibility index (Phi) is 5.93. The number of nitrogens with two attached hydrogens (primary N) is 1. The van der Waals surface area contributed by atoms with E-state index >= 15 is 0 Å². The quantitative estimate of drug-likeness (QED) is 0.458. The van der Waals surface area contributed by atoms with Crippen molar-refractivity contribution in [3.8, 4) is 0 Å². The van der Waals surface area contributed by atoms with E-state index < -0.39 is 11.4 Å². The predicted molar refractivity (Wildman–Crippen MR) is 80.0 cm³/mol. The third kappa shape index (κ3) is 4.31. The number of carboxylic acids is 1. The summed E-state index contributed by atoms with van der Waals surface area (Å²) < 4.78 is 5.11. The first-order valence-corrected chi connectivity index (χ1v) is 7.21. The van der Waals surface area contributed by atoms with Crippen LogP contribution in [0, 0.1) is 5.41 Å². The number of nitrogens with zero attached hydrogens (tertiary/aromatic N) is 1. The van der Waals surface area contributed by atoms with Crippen LogP contribution in [0.4, 0.5) is 0 Å². The molecule has 1 fully saturated rings. The number of carbonyl (C=O) groups excluding carboxylic acids is 1. The number of rotatable bonds is 5. The van der Waals surface area contributed by atoms with Crippen LogP contribution in [0.3, 0.4) is 0 Å². The second kappa shape index (κ2) is 7.24. The number of ether oxygens (including phenoxy) is 1. The molecule has 6 nitrogen and oxygen atoms in total. The van der Waals surface area contributed by atoms with Crippen LogP contribution >= 0.6 is 0 Å². The third-order valence-electron chi connectivity index (χ3n) is 3.99. The van der Waals surface area contributed by atoms with E-state index in [4.69, 9.17) is 15.6 Å². The maximum atomic E-state index is 11.9. The van der Waals surface area contributed by atoms with Gasteiger partial charge in [0.25, 0.3) is 0 Å². The molecule has 3 N–H and O–H groups in total. The van der Waals surface area contributed by atoms with E-state index in [1.165, 1.54) is 0 Å². The molecule has 0 aromatic heterocycles. The van der Waals surface area contributed by atoms with E-state index in [0.717, 1.165) is 19.0 Å². The molecule has 0 aliphatic heterocycles. The number of esters is 1. The summed E-state index contributed by atoms with van der Waals surface area (Å²) in [5, 5.41) is 9.00. The number of carboxylic acid groups (broad SMARTS) is 1. The minimum absolute atomic E-state index is 0.0220. The minimum Gasteiger partial charge on any atom is -0.478 e. The maximum absolute atomic E-state index is 11.9. The molecular formula is C15H24N2O4. The third-order valence-corrected chi connectivity index (χ3v) is 3.99. The average molecular weight is 296 g/mol. The van der Waals surface area contributed by atoms with Gasteiger partial charge in [0.2, 0.25) is 0 Å². The molecule has 0 atom stereocenters. The van der Waals surface area contributed by atoms with E-state index in [9.17, 15) is 9.59 Å². The van der Waals surface area contributed by atoms with Gasteiger partial charge in [-0.05, 0) is 46.5 Å². The van der Waals surface area contributed by atoms with Crippen LogP contribution in [-0.2, 0) is 14.3 Å². The highest BCUT2D eigenvalue weighted by molar-refractivity contribution is 6.18. The Morgan fingerprint density at radius 1 is 1.43 bits per heavy atom. The summed E-state index contributed by atoms with van der Waals surface area (Å²) in [5.74, 6) is -1.23. The summed E-state index contributed by atoms with van der Waals surface area (Å²) in [6, 6.07) is 0.0294. The van der Waals surface area contributed by atoms with Crippen molar-refractivity contribution in [3.63, 3.8) is 0 Å². The van der Waals surface area contributed by atoms with Gasteiger partial charge >= 0.3 is 11.9 Å². The fraction of sp³-hybridized carbons (Fsp3) is 0.667. The number of hydrogen-bond acceptors (Lipinski definition) is 5. The highest BCUT2D eigenvalue weighted by Crippen LogP contribution is 2.38. The molecule has 0 amide bonds. The Bertz CT molecular complexity index is 460. The average Bonchev–Trinajstić information content (AvgIpc) is 2.42. The van der Waals surface area contributed by atoms with Crippen molar-refractivity contribution in [3.05, 3.63) is 11.8 Å². The monoisotopic (exact) mass is 296 g/mol. The Morgan fingerprint density at radius 3 is 2.43 bits per heavy atom. The van der Waals surface area contributed by atoms with Crippen molar-refractivity contribution in [1.29, 1.82) is 0 Å². The summed E-state index contributed by atoms with van der Waals surface area (Å²) in [6.45, 7) is 5.75. The molecule has 0 saturated heterocycles. The highest BCUT2D eigenvalue weighted by atomic mass is 16.5. The van der Waals surface area contributed by atoms with Crippen LogP contribution in [-0.4, -0.2) is 35.4 Å². The van der Waals surface area contributed by atoms with Crippen molar-refractivity contribution < 1.29 is 19.4 Å². The smallest absolute Gasteiger partial charge is 0.339 e. The van der Waals surface area contributed by atoms with Gasteiger partial charge in [-0.2, -0.15) is 0 Å². The fourth-order valence-corrected chi connectivity index (χ4v) is 2.57. The van der Waals surface area contributed by atoms with Gasteiger partial charge in [0.15, 0.2) is 0 Å². The van der Waals surface area contributed by atoms with Gasteiger partial charge in [-0.1, -0.05) is 0 Å². The SMILES string of the molecule is CCOC(=O)C1(C)CCC(N=C(C)C(=CN)C(=O)O)CC1. The molecule has 0 heterocycles. The standard InChI is InChI=1S/C15H24N2O4/c1-4-21-14(20)15(3)7-5-11(6-8-15)17-10(2)12(9-16)13(18)19/h9,11H,4-8,16H2,1-3H3,(H,18,19). The molecule has 0 aromatic carbocycles. The summed E-state index contributed by atoms with van der Waals surface area (Å²) in [7, 11) is 0. The fourth-order valence-electron chi connectivity index (χ4n) is 2.57. The zero-order chi connectivity index (χ0) is 16.0. The van der Waals surface area contributed by atoms with Crippen molar-refractivity contribution in [2.24, 2.45) is 16.1 Å². The van der Waals surface area contributed by atoms with Crippen LogP contribution in [0.15, 0.2) is 16.8 Å². The first-order valence-electron chi connectivity index (χ1n) is 7.21. The Morgan fingerprint density at radius 2 is 2.00 bits per heavy atom. The van der Waals surface area contributed by atoms with Crippen LogP contribution < -0.4 is 5.73 Å². The molecule has 1 saturated carbocycles. The Labute approximate surface area is 125 Å². The normalized spacial score (nSPS) is 27.3. The van der Waals surface area contributed by atoms with Crippen molar-refractivity contribution in [1.82, 2.24) is 0 Å². The largest absolute Gasteiger partial charge is 0.478 e. The molecule has 1 aliphatic carbocycles. The molecule has 6 heteroatoms. The molecule has 0 spiro atoms. The van der Waals surface area contributed by atoms with Crippen LogP contribution in [0.25, 0.3) is 0 Å². The van der Waals surface area contributed by atoms with E-state index in [0.29, 0.717) is 25.2 Å². The summed E-state index contributed by atoms with van der Waals surface area (Å²) in [4.78, 5) is 27.4. The lowest BCUT2D eigenvalue weighted by atomic mass is 9.74. The number of hydrogen-bond donors (Lipinski definition) is 2. The topological polar surface area (TPSA) is 102 Å². The minimum atomic E-state index is -1.08. The van der Waals surface area contributed by atoms with E-state index in [1.807, 2.05) is 6.92 Å². The van der Waals surface area contributed by atoms with Crippen LogP contribution in [0.5, 0.6) is 0 Å². The molecular weight excluding hydrogens is 272 g/mol. The van der Waals surface area contributed by atoms with Crippen LogP contribution in [0.1, 0.15) is 46.5 Å². The second-order valence-electron chi connectivity index (χ2n) is 5.61. The lowest BCUT2D eigenvalue weighted by Crippen LogP contribution is -2.35. The summed E-state index contributed by atoms with van der Waals surface area (Å²) in [6.07, 6.45) is 3.94. The van der Waals surface area contributed by atoms with Gasteiger partial charge in [0, 0.05) is 11.9 Å². The first-order chi connectivity index (χ1) is 9.84. The van der Waals surface area contributed by atoms with Gasteiger partial charge < -0.3 is 15.6 Å². The molecule has 118 valence electrons. The summed E-state index contributed by atoms with van der Waals surface area (Å²) >= 11 is 0. The molecule has 0 radical (unpaired) electrons. The van der Waals surface area contributed by atoms with Gasteiger partial charge in [0.1, 0.15) is 0 Å². The zero-order valence-corrected chi connectivity index (χ0v) is 12.9. The second-order valence-corrected chi connectivity index (χ2v) is 5.61. The van der Waals surface area contributed by atoms with E-state index in [-0.39, 0.29) is 17.6 Å². The maximum Gasteiger partial charge on any atom is 0.339 e. The van der Waals surface area contributed by atoms with Gasteiger partial charge in [-0.15, -0.1) is 0 Å². The molecule has 1 rings (SSSR count). The first kappa shape index (κ1) is 17.2. The van der Waals surface area contributed by atoms with Gasteiger partial charge in [-0.3, -0.25) is 9.79 Å². The zero-order valence-electron chi connectivity index (χ0n) is 12.9. The Hall–Kier alpha value is -1.85. The number of aliphatic imine (C=N–C) groups is 1. The summed E-state index contributed by atoms with van der Waals surface area (Å²) in [5.41, 5.74) is 5.31. The predicted octanol–water partition coefficient (Wildman–Crippen LogP) is 1.89. The molecule has 0 aromatic rings. The lowest BCUT2D eigenvalue weighted by Gasteiger charge is -2.34. The molecule has 21 heavy (non-hydrogen) atoms. The lowest BCUT2D eigenvalue weighted by molar-refractivity contribution is -0.156. The highest BCUT2D eigenvalue weighted by Gasteiger charge is 2.38. The molecule has 0 unspecified atom stereocenters. The Balaban J connectivity index is 2.69. The van der Waals surface area contributed by atoms with E-state index in [2.05, 4.69) is 4.99 Å².